The Morgan fingerprint density at radius 2 is 1.75 bits per heavy atom. The fourth-order valence-corrected chi connectivity index (χ4v) is 3.16. The first-order valence-corrected chi connectivity index (χ1v) is 7.65. The molecule has 1 aliphatic heterocycles. The summed E-state index contributed by atoms with van der Waals surface area (Å²) in [7, 11) is 0. The Balaban J connectivity index is 2.17. The van der Waals surface area contributed by atoms with E-state index in [0.29, 0.717) is 17.1 Å². The maximum Gasteiger partial charge on any atom is 0.249 e. The van der Waals surface area contributed by atoms with Crippen LogP contribution in [0.5, 0.6) is 0 Å². The number of carbonyl (C=O) groups is 1. The quantitative estimate of drug-likeness (QED) is 0.931. The molecule has 4 heteroatoms. The molecule has 1 unspecified atom stereocenters. The van der Waals surface area contributed by atoms with Crippen LogP contribution in [0.3, 0.4) is 0 Å². The fraction of sp³-hybridized carbons (Fsp3) is 0.150. The Hall–Kier alpha value is -2.88. The van der Waals surface area contributed by atoms with Gasteiger partial charge in [-0.05, 0) is 43.2 Å². The molecule has 2 N–H and O–H groups in total. The second kappa shape index (κ2) is 5.96. The molecule has 2 aromatic rings. The number of allylic oxidation sites excluding steroid dienone is 2. The van der Waals surface area contributed by atoms with Crippen molar-refractivity contribution < 1.29 is 13.9 Å². The van der Waals surface area contributed by atoms with E-state index in [2.05, 4.69) is 0 Å². The largest absolute Gasteiger partial charge is 0.465 e. The number of amides is 1. The second-order valence-electron chi connectivity index (χ2n) is 5.95. The van der Waals surface area contributed by atoms with Crippen molar-refractivity contribution in [3.63, 3.8) is 0 Å². The standard InChI is InChI=1S/C20H18FNO2/c1-13-18(19(22)23)20(2,15-6-4-3-5-7-15)17(24-13)12-14-8-10-16(21)11-9-14/h3-12H,1-2H3,(H2,22,23)/b17-12-. The van der Waals surface area contributed by atoms with Crippen LogP contribution >= 0.6 is 0 Å². The first-order chi connectivity index (χ1) is 11.4. The molecule has 1 amide bonds. The number of hydrogen-bond donors (Lipinski definition) is 1. The summed E-state index contributed by atoms with van der Waals surface area (Å²) in [5, 5.41) is 0. The highest BCUT2D eigenvalue weighted by atomic mass is 19.1. The minimum Gasteiger partial charge on any atom is -0.465 e. The van der Waals surface area contributed by atoms with Crippen LogP contribution < -0.4 is 5.73 Å². The summed E-state index contributed by atoms with van der Waals surface area (Å²) in [6, 6.07) is 15.7. The first kappa shape index (κ1) is 16.0. The van der Waals surface area contributed by atoms with Gasteiger partial charge >= 0.3 is 0 Å². The number of nitrogens with two attached hydrogens (primary N) is 1. The second-order valence-corrected chi connectivity index (χ2v) is 5.95. The number of primary amides is 1. The van der Waals surface area contributed by atoms with Gasteiger partial charge < -0.3 is 10.5 Å². The number of benzene rings is 2. The van der Waals surface area contributed by atoms with Gasteiger partial charge in [-0.25, -0.2) is 4.39 Å². The van der Waals surface area contributed by atoms with E-state index < -0.39 is 11.3 Å². The minimum atomic E-state index is -0.786. The lowest BCUT2D eigenvalue weighted by molar-refractivity contribution is -0.115. The van der Waals surface area contributed by atoms with Gasteiger partial charge in [-0.1, -0.05) is 42.5 Å². The molecule has 3 rings (SSSR count). The van der Waals surface area contributed by atoms with E-state index in [-0.39, 0.29) is 5.82 Å². The van der Waals surface area contributed by atoms with Gasteiger partial charge in [0, 0.05) is 0 Å². The van der Waals surface area contributed by atoms with Crippen LogP contribution in [0.2, 0.25) is 0 Å². The van der Waals surface area contributed by atoms with E-state index in [1.807, 2.05) is 43.3 Å². The Bertz CT molecular complexity index is 838. The molecule has 0 radical (unpaired) electrons. The van der Waals surface area contributed by atoms with Crippen LogP contribution in [0.1, 0.15) is 25.0 Å². The number of rotatable bonds is 3. The molecule has 0 bridgehead atoms. The maximum atomic E-state index is 13.1. The predicted molar refractivity (Wildman–Crippen MR) is 91.2 cm³/mol. The normalized spacial score (nSPS) is 21.9. The van der Waals surface area contributed by atoms with E-state index in [0.717, 1.165) is 11.1 Å². The third-order valence-electron chi connectivity index (χ3n) is 4.37. The van der Waals surface area contributed by atoms with E-state index in [1.165, 1.54) is 12.1 Å². The van der Waals surface area contributed by atoms with E-state index >= 15 is 0 Å². The van der Waals surface area contributed by atoms with E-state index in [9.17, 15) is 9.18 Å². The van der Waals surface area contributed by atoms with Crippen molar-refractivity contribution in [2.45, 2.75) is 19.3 Å². The monoisotopic (exact) mass is 323 g/mol. The Kier molecular flexibility index (Phi) is 3.97. The van der Waals surface area contributed by atoms with Crippen molar-refractivity contribution in [1.82, 2.24) is 0 Å². The van der Waals surface area contributed by atoms with Gasteiger partial charge in [-0.15, -0.1) is 0 Å². The van der Waals surface area contributed by atoms with Crippen LogP contribution in [-0.4, -0.2) is 5.91 Å². The topological polar surface area (TPSA) is 52.3 Å². The van der Waals surface area contributed by atoms with E-state index in [4.69, 9.17) is 10.5 Å². The summed E-state index contributed by atoms with van der Waals surface area (Å²) in [6.45, 7) is 3.64. The number of halogens is 1. The average molecular weight is 323 g/mol. The molecule has 1 aliphatic rings. The van der Waals surface area contributed by atoms with Crippen molar-refractivity contribution in [2.75, 3.05) is 0 Å². The molecule has 24 heavy (non-hydrogen) atoms. The molecular formula is C20H18FNO2. The zero-order valence-electron chi connectivity index (χ0n) is 13.5. The number of carbonyl (C=O) groups excluding carboxylic acids is 1. The summed E-state index contributed by atoms with van der Waals surface area (Å²) in [4.78, 5) is 12.1. The smallest absolute Gasteiger partial charge is 0.249 e. The van der Waals surface area contributed by atoms with Crippen LogP contribution in [0.4, 0.5) is 4.39 Å². The first-order valence-electron chi connectivity index (χ1n) is 7.65. The highest BCUT2D eigenvalue weighted by Gasteiger charge is 2.46. The molecule has 0 aromatic heterocycles. The number of ether oxygens (including phenoxy) is 1. The summed E-state index contributed by atoms with van der Waals surface area (Å²) in [6.07, 6.45) is 1.81. The summed E-state index contributed by atoms with van der Waals surface area (Å²) in [5.74, 6) is 0.262. The van der Waals surface area contributed by atoms with E-state index in [1.54, 1.807) is 19.1 Å². The fourth-order valence-electron chi connectivity index (χ4n) is 3.16. The zero-order chi connectivity index (χ0) is 17.3. The Morgan fingerprint density at radius 1 is 1.12 bits per heavy atom. The molecule has 3 nitrogen and oxygen atoms in total. The average Bonchev–Trinajstić information content (AvgIpc) is 2.82. The van der Waals surface area contributed by atoms with Crippen LogP contribution in [0.15, 0.2) is 71.7 Å². The molecule has 0 saturated carbocycles. The van der Waals surface area contributed by atoms with Gasteiger partial charge in [0.15, 0.2) is 0 Å². The Labute approximate surface area is 140 Å². The van der Waals surface area contributed by atoms with Crippen molar-refractivity contribution in [1.29, 1.82) is 0 Å². The number of hydrogen-bond acceptors (Lipinski definition) is 2. The molecule has 0 aliphatic carbocycles. The predicted octanol–water partition coefficient (Wildman–Crippen LogP) is 3.91. The summed E-state index contributed by atoms with van der Waals surface area (Å²) >= 11 is 0. The minimum absolute atomic E-state index is 0.303. The lowest BCUT2D eigenvalue weighted by atomic mass is 9.74. The summed E-state index contributed by atoms with van der Waals surface area (Å²) < 4.78 is 19.0. The van der Waals surface area contributed by atoms with Crippen molar-refractivity contribution >= 4 is 12.0 Å². The van der Waals surface area contributed by atoms with Crippen LogP contribution in [0.25, 0.3) is 6.08 Å². The van der Waals surface area contributed by atoms with Crippen LogP contribution in [0, 0.1) is 5.82 Å². The third kappa shape index (κ3) is 2.60. The highest BCUT2D eigenvalue weighted by molar-refractivity contribution is 5.97. The van der Waals surface area contributed by atoms with Crippen molar-refractivity contribution in [2.24, 2.45) is 5.73 Å². The third-order valence-corrected chi connectivity index (χ3v) is 4.37. The molecule has 0 saturated heterocycles. The maximum absolute atomic E-state index is 13.1. The lowest BCUT2D eigenvalue weighted by Crippen LogP contribution is -2.32. The van der Waals surface area contributed by atoms with Crippen LogP contribution in [-0.2, 0) is 14.9 Å². The highest BCUT2D eigenvalue weighted by Crippen LogP contribution is 2.47. The van der Waals surface area contributed by atoms with Crippen molar-refractivity contribution in [3.05, 3.63) is 88.6 Å². The molecule has 0 spiro atoms. The lowest BCUT2D eigenvalue weighted by Gasteiger charge is -2.26. The SMILES string of the molecule is CC1=C(C(N)=O)C(C)(c2ccccc2)/C(=C/c2ccc(F)cc2)O1. The molecule has 2 aromatic carbocycles. The molecule has 122 valence electrons. The van der Waals surface area contributed by atoms with Gasteiger partial charge in [0.05, 0.1) is 11.0 Å². The molecule has 1 atom stereocenters. The molecular weight excluding hydrogens is 305 g/mol. The van der Waals surface area contributed by atoms with Gasteiger partial charge in [0.1, 0.15) is 17.3 Å². The van der Waals surface area contributed by atoms with Gasteiger partial charge in [-0.3, -0.25) is 4.79 Å². The van der Waals surface area contributed by atoms with Gasteiger partial charge in [0.25, 0.3) is 0 Å². The van der Waals surface area contributed by atoms with Crippen molar-refractivity contribution in [3.8, 4) is 0 Å². The molecule has 0 fully saturated rings. The van der Waals surface area contributed by atoms with Gasteiger partial charge in [-0.2, -0.15) is 0 Å². The molecule has 1 heterocycles. The Morgan fingerprint density at radius 3 is 2.33 bits per heavy atom. The summed E-state index contributed by atoms with van der Waals surface area (Å²) in [5.41, 5.74) is 6.96. The van der Waals surface area contributed by atoms with Gasteiger partial charge in [0.2, 0.25) is 5.91 Å². The zero-order valence-corrected chi connectivity index (χ0v) is 13.5.